The van der Waals surface area contributed by atoms with Crippen LogP contribution in [-0.2, 0) is 5.41 Å². The summed E-state index contributed by atoms with van der Waals surface area (Å²) in [4.78, 5) is 32.9. The lowest BCUT2D eigenvalue weighted by molar-refractivity contribution is -0.380. The van der Waals surface area contributed by atoms with Crippen LogP contribution in [0.2, 0.25) is 0 Å². The maximum atomic E-state index is 13.0. The van der Waals surface area contributed by atoms with Gasteiger partial charge in [-0.3, -0.25) is 14.9 Å². The molecule has 0 fully saturated rings. The third-order valence-corrected chi connectivity index (χ3v) is 7.81. The standard InChI is InChI=1S/C28H23F3N6O4S/c1-4-27(2,3)17-7-5-16(6-8-17)23-33-24(35-26(38)21-13-14-22(42-21)37(39)40)20-15-32-36(25(20)34-23)18-9-11-19(12-10-18)41-28(29,30)31/h5-15H,4H2,1-3H3,(H,33,34,35,38). The van der Waals surface area contributed by atoms with Gasteiger partial charge in [0, 0.05) is 11.6 Å². The van der Waals surface area contributed by atoms with E-state index in [2.05, 4.69) is 45.9 Å². The van der Waals surface area contributed by atoms with E-state index in [0.29, 0.717) is 16.6 Å². The molecule has 1 N–H and O–H groups in total. The maximum absolute atomic E-state index is 13.0. The maximum Gasteiger partial charge on any atom is 0.573 e. The first-order chi connectivity index (χ1) is 19.8. The molecule has 3 heterocycles. The van der Waals surface area contributed by atoms with Crippen LogP contribution in [-0.4, -0.2) is 36.9 Å². The number of nitro groups is 1. The average molecular weight is 597 g/mol. The number of fused-ring (bicyclic) bond motifs is 1. The molecule has 0 radical (unpaired) electrons. The summed E-state index contributed by atoms with van der Waals surface area (Å²) in [6.07, 6.45) is -2.49. The quantitative estimate of drug-likeness (QED) is 0.147. The van der Waals surface area contributed by atoms with Crippen LogP contribution in [0, 0.1) is 10.1 Å². The van der Waals surface area contributed by atoms with E-state index in [0.717, 1.165) is 35.5 Å². The van der Waals surface area contributed by atoms with Gasteiger partial charge in [-0.05, 0) is 47.7 Å². The molecule has 2 aromatic carbocycles. The van der Waals surface area contributed by atoms with Crippen LogP contribution in [0.1, 0.15) is 42.4 Å². The van der Waals surface area contributed by atoms with Gasteiger partial charge in [-0.25, -0.2) is 14.6 Å². The van der Waals surface area contributed by atoms with Crippen molar-refractivity contribution in [1.82, 2.24) is 19.7 Å². The number of hydrogen-bond donors (Lipinski definition) is 1. The van der Waals surface area contributed by atoms with Crippen molar-refractivity contribution in [3.63, 3.8) is 0 Å². The van der Waals surface area contributed by atoms with Crippen LogP contribution in [0.15, 0.2) is 66.9 Å². The molecule has 0 atom stereocenters. The molecule has 14 heteroatoms. The van der Waals surface area contributed by atoms with E-state index in [1.807, 2.05) is 24.3 Å². The van der Waals surface area contributed by atoms with Gasteiger partial charge in [-0.1, -0.05) is 56.4 Å². The number of rotatable bonds is 8. The fraction of sp³-hybridized carbons (Fsp3) is 0.214. The molecule has 42 heavy (non-hydrogen) atoms. The highest BCUT2D eigenvalue weighted by atomic mass is 32.1. The van der Waals surface area contributed by atoms with Gasteiger partial charge in [0.25, 0.3) is 5.91 Å². The fourth-order valence-corrected chi connectivity index (χ4v) is 4.82. The Morgan fingerprint density at radius 1 is 1.05 bits per heavy atom. The highest BCUT2D eigenvalue weighted by Crippen LogP contribution is 2.32. The van der Waals surface area contributed by atoms with Crippen LogP contribution in [0.4, 0.5) is 24.0 Å². The molecule has 5 rings (SSSR count). The molecule has 0 bridgehead atoms. The number of benzene rings is 2. The molecule has 0 aliphatic rings. The Balaban J connectivity index is 1.58. The van der Waals surface area contributed by atoms with Crippen molar-refractivity contribution < 1.29 is 27.6 Å². The number of carbonyl (C=O) groups is 1. The average Bonchev–Trinajstić information content (AvgIpc) is 3.61. The van der Waals surface area contributed by atoms with Crippen molar-refractivity contribution in [2.45, 2.75) is 39.0 Å². The van der Waals surface area contributed by atoms with E-state index >= 15 is 0 Å². The van der Waals surface area contributed by atoms with Crippen molar-refractivity contribution in [1.29, 1.82) is 0 Å². The van der Waals surface area contributed by atoms with Crippen LogP contribution < -0.4 is 10.1 Å². The lowest BCUT2D eigenvalue weighted by Crippen LogP contribution is -2.17. The van der Waals surface area contributed by atoms with Gasteiger partial charge in [-0.15, -0.1) is 13.2 Å². The molecule has 0 saturated carbocycles. The summed E-state index contributed by atoms with van der Waals surface area (Å²) in [5.74, 6) is -0.640. The summed E-state index contributed by atoms with van der Waals surface area (Å²) in [5, 5.41) is 18.3. The third-order valence-electron chi connectivity index (χ3n) is 6.78. The van der Waals surface area contributed by atoms with Crippen molar-refractivity contribution in [3.05, 3.63) is 87.4 Å². The van der Waals surface area contributed by atoms with Crippen molar-refractivity contribution in [2.75, 3.05) is 5.32 Å². The summed E-state index contributed by atoms with van der Waals surface area (Å²) < 4.78 is 43.2. The SMILES string of the molecule is CCC(C)(C)c1ccc(-c2nc(NC(=O)c3ccc([N+](=O)[O-])s3)c3cnn(-c4ccc(OC(F)(F)F)cc4)c3n2)cc1. The Morgan fingerprint density at radius 3 is 2.33 bits per heavy atom. The summed E-state index contributed by atoms with van der Waals surface area (Å²) in [6, 6.07) is 15.4. The smallest absolute Gasteiger partial charge is 0.406 e. The molecular formula is C28H23F3N6O4S. The summed E-state index contributed by atoms with van der Waals surface area (Å²) in [5.41, 5.74) is 2.38. The Bertz CT molecular complexity index is 1780. The van der Waals surface area contributed by atoms with Gasteiger partial charge in [0.15, 0.2) is 11.5 Å². The first-order valence-corrected chi connectivity index (χ1v) is 13.4. The number of amides is 1. The second kappa shape index (κ2) is 10.9. The number of carbonyl (C=O) groups excluding carboxylic acids is 1. The van der Waals surface area contributed by atoms with Crippen LogP contribution in [0.3, 0.4) is 0 Å². The lowest BCUT2D eigenvalue weighted by Gasteiger charge is -2.23. The van der Waals surface area contributed by atoms with Gasteiger partial charge in [0.05, 0.1) is 27.1 Å². The molecule has 216 valence electrons. The van der Waals surface area contributed by atoms with Crippen molar-refractivity contribution in [3.8, 4) is 22.8 Å². The van der Waals surface area contributed by atoms with Crippen molar-refractivity contribution >= 4 is 39.1 Å². The van der Waals surface area contributed by atoms with Gasteiger partial charge in [0.1, 0.15) is 11.6 Å². The number of aromatic nitrogens is 4. The minimum absolute atomic E-state index is 0.0492. The van der Waals surface area contributed by atoms with E-state index in [9.17, 15) is 28.1 Å². The highest BCUT2D eigenvalue weighted by molar-refractivity contribution is 7.17. The largest absolute Gasteiger partial charge is 0.573 e. The van der Waals surface area contributed by atoms with E-state index in [4.69, 9.17) is 0 Å². The first kappa shape index (κ1) is 28.7. The molecule has 1 amide bonds. The number of anilines is 1. The molecule has 0 aliphatic carbocycles. The monoisotopic (exact) mass is 596 g/mol. The molecule has 10 nitrogen and oxygen atoms in total. The third kappa shape index (κ3) is 5.93. The van der Waals surface area contributed by atoms with Gasteiger partial charge < -0.3 is 10.1 Å². The zero-order valence-electron chi connectivity index (χ0n) is 22.5. The van der Waals surface area contributed by atoms with Gasteiger partial charge in [-0.2, -0.15) is 5.10 Å². The zero-order chi connectivity index (χ0) is 30.2. The lowest BCUT2D eigenvalue weighted by atomic mass is 9.82. The number of thiophene rings is 1. The van der Waals surface area contributed by atoms with Crippen LogP contribution in [0.5, 0.6) is 5.75 Å². The molecule has 3 aromatic heterocycles. The summed E-state index contributed by atoms with van der Waals surface area (Å²) in [7, 11) is 0. The molecule has 5 aromatic rings. The normalized spacial score (nSPS) is 12.0. The number of ether oxygens (including phenoxy) is 1. The van der Waals surface area contributed by atoms with Crippen LogP contribution >= 0.6 is 11.3 Å². The Morgan fingerprint density at radius 2 is 1.74 bits per heavy atom. The second-order valence-electron chi connectivity index (χ2n) is 9.90. The Labute approximate surface area is 241 Å². The predicted octanol–water partition coefficient (Wildman–Crippen LogP) is 7.29. The van der Waals surface area contributed by atoms with Crippen molar-refractivity contribution in [2.24, 2.45) is 0 Å². The van der Waals surface area contributed by atoms with Crippen LogP contribution in [0.25, 0.3) is 28.1 Å². The predicted molar refractivity (Wildman–Crippen MR) is 151 cm³/mol. The molecule has 0 saturated heterocycles. The van der Waals surface area contributed by atoms with Gasteiger partial charge in [0.2, 0.25) is 0 Å². The van der Waals surface area contributed by atoms with E-state index < -0.39 is 22.9 Å². The van der Waals surface area contributed by atoms with E-state index in [-0.39, 0.29) is 32.6 Å². The van der Waals surface area contributed by atoms with E-state index in [1.54, 1.807) is 0 Å². The topological polar surface area (TPSA) is 125 Å². The highest BCUT2D eigenvalue weighted by Gasteiger charge is 2.31. The number of hydrogen-bond acceptors (Lipinski definition) is 8. The number of halogens is 3. The molecule has 0 spiro atoms. The molecule has 0 unspecified atom stereocenters. The molecule has 0 aliphatic heterocycles. The number of nitrogens with one attached hydrogen (secondary N) is 1. The fourth-order valence-electron chi connectivity index (χ4n) is 4.10. The first-order valence-electron chi connectivity index (χ1n) is 12.6. The second-order valence-corrected chi connectivity index (χ2v) is 11.0. The number of nitrogens with zero attached hydrogens (tertiary/aromatic N) is 5. The Kier molecular flexibility index (Phi) is 7.41. The zero-order valence-corrected chi connectivity index (χ0v) is 23.3. The van der Waals surface area contributed by atoms with Gasteiger partial charge >= 0.3 is 11.4 Å². The minimum atomic E-state index is -4.83. The summed E-state index contributed by atoms with van der Waals surface area (Å²) >= 11 is 0.720. The van der Waals surface area contributed by atoms with E-state index in [1.165, 1.54) is 35.1 Å². The Hall–Kier alpha value is -4.85. The number of alkyl halides is 3. The summed E-state index contributed by atoms with van der Waals surface area (Å²) in [6.45, 7) is 6.37. The minimum Gasteiger partial charge on any atom is -0.406 e. The molecular weight excluding hydrogens is 573 g/mol.